The molecule has 10 nitrogen and oxygen atoms in total. The predicted molar refractivity (Wildman–Crippen MR) is 161 cm³/mol. The lowest BCUT2D eigenvalue weighted by Crippen LogP contribution is -2.32. The second kappa shape index (κ2) is 11.8. The van der Waals surface area contributed by atoms with Crippen LogP contribution in [0.4, 0.5) is 11.6 Å². The molecule has 2 heterocycles. The number of nitrogens with one attached hydrogen (secondary N) is 3. The lowest BCUT2D eigenvalue weighted by molar-refractivity contribution is 0.0954. The molecular formula is C30H34N6O4S. The molecule has 0 radical (unpaired) electrons. The third-order valence-electron chi connectivity index (χ3n) is 6.97. The zero-order valence-corrected chi connectivity index (χ0v) is 24.2. The lowest BCUT2D eigenvalue weighted by atomic mass is 10.1. The van der Waals surface area contributed by atoms with Gasteiger partial charge in [-0.15, -0.1) is 0 Å². The number of aromatic nitrogens is 3. The van der Waals surface area contributed by atoms with Gasteiger partial charge in [-0.25, -0.2) is 18.1 Å². The van der Waals surface area contributed by atoms with Crippen LogP contribution < -0.4 is 20.8 Å². The summed E-state index contributed by atoms with van der Waals surface area (Å²) in [6.45, 7) is 5.79. The van der Waals surface area contributed by atoms with Crippen molar-refractivity contribution in [1.82, 2.24) is 24.6 Å². The van der Waals surface area contributed by atoms with Gasteiger partial charge in [0.2, 0.25) is 21.4 Å². The van der Waals surface area contributed by atoms with E-state index in [1.54, 1.807) is 31.5 Å². The van der Waals surface area contributed by atoms with Crippen LogP contribution in [0, 0.1) is 0 Å². The highest BCUT2D eigenvalue weighted by Gasteiger charge is 2.19. The molecule has 0 unspecified atom stereocenters. The Balaban J connectivity index is 1.46. The number of carbonyl (C=O) groups excluding carboxylic acids is 1. The Labute approximate surface area is 239 Å². The van der Waals surface area contributed by atoms with Gasteiger partial charge in [-0.3, -0.25) is 9.59 Å². The van der Waals surface area contributed by atoms with Gasteiger partial charge in [0.1, 0.15) is 5.56 Å². The van der Waals surface area contributed by atoms with Gasteiger partial charge < -0.3 is 15.2 Å². The number of hydrogen-bond donors (Lipinski definition) is 3. The normalized spacial score (nSPS) is 13.0. The molecule has 3 N–H and O–H groups in total. The van der Waals surface area contributed by atoms with E-state index in [2.05, 4.69) is 37.5 Å². The fourth-order valence-electron chi connectivity index (χ4n) is 5.05. The molecule has 41 heavy (non-hydrogen) atoms. The van der Waals surface area contributed by atoms with Crippen molar-refractivity contribution in [2.45, 2.75) is 52.5 Å². The first-order valence-electron chi connectivity index (χ1n) is 13.8. The Hall–Kier alpha value is -4.09. The van der Waals surface area contributed by atoms with Gasteiger partial charge in [-0.05, 0) is 87.4 Å². The third-order valence-corrected chi connectivity index (χ3v) is 8.54. The molecule has 11 heteroatoms. The molecule has 0 fully saturated rings. The number of benzene rings is 2. The average Bonchev–Trinajstić information content (AvgIpc) is 3.40. The molecule has 5 rings (SSSR count). The van der Waals surface area contributed by atoms with Crippen LogP contribution in [0.5, 0.6) is 0 Å². The van der Waals surface area contributed by atoms with Crippen LogP contribution in [0.3, 0.4) is 0 Å². The minimum Gasteiger partial charge on any atom is -0.352 e. The van der Waals surface area contributed by atoms with Gasteiger partial charge in [-0.2, -0.15) is 4.98 Å². The van der Waals surface area contributed by atoms with Gasteiger partial charge >= 0.3 is 0 Å². The summed E-state index contributed by atoms with van der Waals surface area (Å²) in [5.41, 5.74) is 4.97. The molecule has 0 bridgehead atoms. The van der Waals surface area contributed by atoms with Crippen molar-refractivity contribution in [3.05, 3.63) is 87.3 Å². The lowest BCUT2D eigenvalue weighted by Gasteiger charge is -2.15. The van der Waals surface area contributed by atoms with Gasteiger partial charge in [0, 0.05) is 36.4 Å². The van der Waals surface area contributed by atoms with Crippen molar-refractivity contribution in [1.29, 1.82) is 0 Å². The van der Waals surface area contributed by atoms with Crippen molar-refractivity contribution in [2.24, 2.45) is 0 Å². The standard InChI is InChI=1S/C30H34N6O4S/c1-4-31-29(38)26-18-36(24-13-10-21-6-5-7-22(21)16-24)28-25(27(26)37)17-32-30(34-28)33-23-11-8-20(9-12-23)14-15-41(39,40)35-19(2)3/h8-13,16-19,35H,4-7,14-15H2,1-3H3,(H,31,38)(H,32,33,34). The number of anilines is 2. The maximum Gasteiger partial charge on any atom is 0.256 e. The molecule has 1 amide bonds. The van der Waals surface area contributed by atoms with E-state index in [0.29, 0.717) is 24.3 Å². The molecule has 2 aromatic heterocycles. The number of fused-ring (bicyclic) bond motifs is 2. The van der Waals surface area contributed by atoms with E-state index in [1.165, 1.54) is 17.3 Å². The molecule has 0 spiro atoms. The van der Waals surface area contributed by atoms with Crippen LogP contribution in [0.1, 0.15) is 54.2 Å². The molecule has 0 saturated heterocycles. The van der Waals surface area contributed by atoms with Crippen molar-refractivity contribution < 1.29 is 13.2 Å². The summed E-state index contributed by atoms with van der Waals surface area (Å²) in [5.74, 6) is -0.150. The molecule has 214 valence electrons. The topological polar surface area (TPSA) is 135 Å². The van der Waals surface area contributed by atoms with E-state index in [4.69, 9.17) is 0 Å². The summed E-state index contributed by atoms with van der Waals surface area (Å²) in [5, 5.41) is 6.13. The third kappa shape index (κ3) is 6.47. The van der Waals surface area contributed by atoms with Crippen molar-refractivity contribution in [3.63, 3.8) is 0 Å². The number of amides is 1. The largest absolute Gasteiger partial charge is 0.352 e. The highest BCUT2D eigenvalue weighted by Crippen LogP contribution is 2.26. The van der Waals surface area contributed by atoms with E-state index in [9.17, 15) is 18.0 Å². The highest BCUT2D eigenvalue weighted by molar-refractivity contribution is 7.89. The molecule has 1 aliphatic rings. The minimum atomic E-state index is -3.34. The molecule has 4 aromatic rings. The molecular weight excluding hydrogens is 540 g/mol. The Morgan fingerprint density at radius 1 is 1.07 bits per heavy atom. The van der Waals surface area contributed by atoms with Gasteiger partial charge in [-0.1, -0.05) is 18.2 Å². The quantitative estimate of drug-likeness (QED) is 0.263. The SMILES string of the molecule is CCNC(=O)c1cn(-c2ccc3c(c2)CCC3)c2nc(Nc3ccc(CCS(=O)(=O)NC(C)C)cc3)ncc2c1=O. The minimum absolute atomic E-state index is 0.00420. The van der Waals surface area contributed by atoms with Crippen LogP contribution in [-0.4, -0.2) is 47.2 Å². The van der Waals surface area contributed by atoms with Crippen LogP contribution in [0.15, 0.2) is 59.7 Å². The second-order valence-corrected chi connectivity index (χ2v) is 12.4. The Morgan fingerprint density at radius 2 is 1.83 bits per heavy atom. The summed E-state index contributed by atoms with van der Waals surface area (Å²) in [6.07, 6.45) is 6.52. The van der Waals surface area contributed by atoms with Crippen molar-refractivity contribution in [3.8, 4) is 5.69 Å². The van der Waals surface area contributed by atoms with Gasteiger partial charge in [0.15, 0.2) is 5.65 Å². The summed E-state index contributed by atoms with van der Waals surface area (Å²) >= 11 is 0. The van der Waals surface area contributed by atoms with Crippen LogP contribution >= 0.6 is 0 Å². The average molecular weight is 575 g/mol. The molecule has 1 aliphatic carbocycles. The number of pyridine rings is 1. The number of nitrogens with zero attached hydrogens (tertiary/aromatic N) is 3. The van der Waals surface area contributed by atoms with E-state index >= 15 is 0 Å². The van der Waals surface area contributed by atoms with E-state index in [0.717, 1.165) is 30.5 Å². The first-order chi connectivity index (χ1) is 19.6. The maximum absolute atomic E-state index is 13.3. The molecule has 0 saturated carbocycles. The van der Waals surface area contributed by atoms with Crippen LogP contribution in [-0.2, 0) is 29.3 Å². The smallest absolute Gasteiger partial charge is 0.256 e. The number of carbonyl (C=O) groups is 1. The molecule has 2 aromatic carbocycles. The number of hydrogen-bond acceptors (Lipinski definition) is 7. The number of sulfonamides is 1. The first kappa shape index (κ1) is 28.4. The van der Waals surface area contributed by atoms with Crippen LogP contribution in [0.2, 0.25) is 0 Å². The molecule has 0 atom stereocenters. The fourth-order valence-corrected chi connectivity index (χ4v) is 6.39. The highest BCUT2D eigenvalue weighted by atomic mass is 32.2. The summed E-state index contributed by atoms with van der Waals surface area (Å²) in [6, 6.07) is 13.4. The first-order valence-corrected chi connectivity index (χ1v) is 15.5. The van der Waals surface area contributed by atoms with E-state index in [1.807, 2.05) is 30.3 Å². The Bertz CT molecular complexity index is 1760. The van der Waals surface area contributed by atoms with Crippen molar-refractivity contribution in [2.75, 3.05) is 17.6 Å². The summed E-state index contributed by atoms with van der Waals surface area (Å²) in [4.78, 5) is 35.1. The second-order valence-electron chi connectivity index (χ2n) is 10.5. The molecule has 0 aliphatic heterocycles. The van der Waals surface area contributed by atoms with Gasteiger partial charge in [0.25, 0.3) is 5.91 Å². The Kier molecular flexibility index (Phi) is 8.18. The van der Waals surface area contributed by atoms with Gasteiger partial charge in [0.05, 0.1) is 11.1 Å². The number of rotatable bonds is 10. The maximum atomic E-state index is 13.3. The zero-order valence-electron chi connectivity index (χ0n) is 23.4. The Morgan fingerprint density at radius 3 is 2.56 bits per heavy atom. The predicted octanol–water partition coefficient (Wildman–Crippen LogP) is 3.63. The zero-order chi connectivity index (χ0) is 29.1. The van der Waals surface area contributed by atoms with Crippen LogP contribution in [0.25, 0.3) is 16.7 Å². The number of aryl methyl sites for hydroxylation is 3. The van der Waals surface area contributed by atoms with E-state index in [-0.39, 0.29) is 28.7 Å². The summed E-state index contributed by atoms with van der Waals surface area (Å²) in [7, 11) is -3.34. The fraction of sp³-hybridized carbons (Fsp3) is 0.333. The monoisotopic (exact) mass is 574 g/mol. The van der Waals surface area contributed by atoms with E-state index < -0.39 is 21.4 Å². The van der Waals surface area contributed by atoms with Crippen molar-refractivity contribution >= 4 is 38.6 Å². The summed E-state index contributed by atoms with van der Waals surface area (Å²) < 4.78 is 28.7.